The number of alkyl halides is 3. The van der Waals surface area contributed by atoms with Crippen molar-refractivity contribution in [3.63, 3.8) is 0 Å². The van der Waals surface area contributed by atoms with Crippen LogP contribution in [0.15, 0.2) is 0 Å². The van der Waals surface area contributed by atoms with Gasteiger partial charge in [-0.15, -0.1) is 0 Å². The summed E-state index contributed by atoms with van der Waals surface area (Å²) in [5.41, 5.74) is 6.31. The number of nitrogens with two attached hydrogens (primary N) is 1. The van der Waals surface area contributed by atoms with E-state index in [0.717, 1.165) is 24.2 Å². The molecule has 1 nitrogen and oxygen atoms in total. The largest absolute Gasteiger partial charge is 0.389 e. The average molecular weight is 275 g/mol. The van der Waals surface area contributed by atoms with Gasteiger partial charge >= 0.3 is 6.18 Å². The lowest BCUT2D eigenvalue weighted by Crippen LogP contribution is -2.48. The molecule has 0 spiro atoms. The van der Waals surface area contributed by atoms with Crippen LogP contribution < -0.4 is 5.73 Å². The van der Waals surface area contributed by atoms with E-state index in [2.05, 4.69) is 0 Å². The third kappa shape index (κ3) is 3.09. The molecule has 0 aromatic carbocycles. The average Bonchev–Trinajstić information content (AvgIpc) is 2.22. The van der Waals surface area contributed by atoms with Crippen molar-refractivity contribution >= 4 is 0 Å². The number of hydrogen-bond acceptors (Lipinski definition) is 1. The van der Waals surface area contributed by atoms with Crippen molar-refractivity contribution in [2.24, 2.45) is 28.9 Å². The molecule has 4 aliphatic carbocycles. The summed E-state index contributed by atoms with van der Waals surface area (Å²) in [6.45, 7) is 0. The van der Waals surface area contributed by atoms with Crippen molar-refractivity contribution in [2.75, 3.05) is 0 Å². The molecule has 0 saturated heterocycles. The van der Waals surface area contributed by atoms with E-state index in [1.54, 1.807) is 0 Å². The van der Waals surface area contributed by atoms with Crippen molar-refractivity contribution in [2.45, 2.75) is 70.0 Å². The summed E-state index contributed by atoms with van der Waals surface area (Å²) in [6, 6.07) is -0.266. The van der Waals surface area contributed by atoms with Gasteiger partial charge in [-0.25, -0.2) is 0 Å². The van der Waals surface area contributed by atoms with E-state index in [9.17, 15) is 13.2 Å². The minimum atomic E-state index is -4.06. The van der Waals surface area contributed by atoms with Crippen LogP contribution in [0.1, 0.15) is 57.8 Å². The third-order valence-corrected chi connectivity index (χ3v) is 5.66. The Morgan fingerprint density at radius 2 is 1.47 bits per heavy atom. The molecule has 4 heteroatoms. The molecular formula is C15H24F3N. The maximum atomic E-state index is 12.3. The Kier molecular flexibility index (Phi) is 3.35. The van der Waals surface area contributed by atoms with Crippen LogP contribution in [0.4, 0.5) is 13.2 Å². The number of hydrogen-bond donors (Lipinski definition) is 1. The van der Waals surface area contributed by atoms with Crippen molar-refractivity contribution in [3.8, 4) is 0 Å². The normalized spacial score (nSPS) is 42.6. The zero-order valence-corrected chi connectivity index (χ0v) is 11.4. The molecule has 0 aromatic rings. The predicted molar refractivity (Wildman–Crippen MR) is 68.5 cm³/mol. The molecule has 4 saturated carbocycles. The Bertz CT molecular complexity index is 301. The quantitative estimate of drug-likeness (QED) is 0.815. The zero-order chi connectivity index (χ0) is 13.7. The Labute approximate surface area is 113 Å². The molecule has 19 heavy (non-hydrogen) atoms. The van der Waals surface area contributed by atoms with E-state index in [-0.39, 0.29) is 12.5 Å². The van der Waals surface area contributed by atoms with E-state index < -0.39 is 12.6 Å². The molecule has 110 valence electrons. The highest BCUT2D eigenvalue weighted by Crippen LogP contribution is 2.61. The molecule has 4 rings (SSSR count). The SMILES string of the molecule is NC(CCC(F)(F)F)CC12CC3CC(CC(C3)C1)C2. The lowest BCUT2D eigenvalue weighted by atomic mass is 9.48. The Morgan fingerprint density at radius 3 is 1.89 bits per heavy atom. The molecule has 2 N–H and O–H groups in total. The summed E-state index contributed by atoms with van der Waals surface area (Å²) in [4.78, 5) is 0. The first-order valence-corrected chi connectivity index (χ1v) is 7.66. The van der Waals surface area contributed by atoms with Gasteiger partial charge < -0.3 is 5.73 Å². The van der Waals surface area contributed by atoms with E-state index >= 15 is 0 Å². The van der Waals surface area contributed by atoms with Crippen LogP contribution >= 0.6 is 0 Å². The Hall–Kier alpha value is -0.250. The van der Waals surface area contributed by atoms with Crippen LogP contribution in [0, 0.1) is 23.2 Å². The fraction of sp³-hybridized carbons (Fsp3) is 1.00. The highest BCUT2D eigenvalue weighted by atomic mass is 19.4. The zero-order valence-electron chi connectivity index (χ0n) is 11.4. The lowest BCUT2D eigenvalue weighted by Gasteiger charge is -2.57. The van der Waals surface area contributed by atoms with Gasteiger partial charge in [0.2, 0.25) is 0 Å². The molecule has 0 amide bonds. The van der Waals surface area contributed by atoms with Crippen LogP contribution in [0.3, 0.4) is 0 Å². The van der Waals surface area contributed by atoms with Crippen molar-refractivity contribution in [3.05, 3.63) is 0 Å². The fourth-order valence-electron chi connectivity index (χ4n) is 5.55. The molecule has 0 heterocycles. The van der Waals surface area contributed by atoms with Crippen LogP contribution in [-0.2, 0) is 0 Å². The van der Waals surface area contributed by atoms with E-state index in [0.29, 0.717) is 5.41 Å². The molecule has 0 aliphatic heterocycles. The van der Waals surface area contributed by atoms with Gasteiger partial charge in [0, 0.05) is 12.5 Å². The maximum absolute atomic E-state index is 12.3. The first kappa shape index (κ1) is 13.7. The predicted octanol–water partition coefficient (Wildman–Crippen LogP) is 4.26. The van der Waals surface area contributed by atoms with Crippen molar-refractivity contribution in [1.82, 2.24) is 0 Å². The molecular weight excluding hydrogens is 251 g/mol. The van der Waals surface area contributed by atoms with E-state index in [1.807, 2.05) is 0 Å². The molecule has 0 aromatic heterocycles. The molecule has 4 bridgehead atoms. The van der Waals surface area contributed by atoms with Gasteiger partial charge in [0.1, 0.15) is 0 Å². The van der Waals surface area contributed by atoms with Crippen molar-refractivity contribution in [1.29, 1.82) is 0 Å². The van der Waals surface area contributed by atoms with Gasteiger partial charge in [-0.3, -0.25) is 0 Å². The molecule has 0 radical (unpaired) electrons. The second-order valence-electron chi connectivity index (χ2n) is 7.54. The molecule has 1 atom stereocenters. The molecule has 4 aliphatic rings. The minimum Gasteiger partial charge on any atom is -0.328 e. The van der Waals surface area contributed by atoms with Gasteiger partial charge in [-0.05, 0) is 74.5 Å². The van der Waals surface area contributed by atoms with Crippen molar-refractivity contribution < 1.29 is 13.2 Å². The topological polar surface area (TPSA) is 26.0 Å². The summed E-state index contributed by atoms with van der Waals surface area (Å²) in [5.74, 6) is 2.54. The Morgan fingerprint density at radius 1 is 1.00 bits per heavy atom. The second kappa shape index (κ2) is 4.64. The second-order valence-corrected chi connectivity index (χ2v) is 7.54. The van der Waals surface area contributed by atoms with Gasteiger partial charge in [0.15, 0.2) is 0 Å². The maximum Gasteiger partial charge on any atom is 0.389 e. The van der Waals surface area contributed by atoms with E-state index in [4.69, 9.17) is 5.73 Å². The van der Waals surface area contributed by atoms with E-state index in [1.165, 1.54) is 38.5 Å². The summed E-state index contributed by atoms with van der Waals surface area (Å²) >= 11 is 0. The highest BCUT2D eigenvalue weighted by Gasteiger charge is 2.51. The van der Waals surface area contributed by atoms with Crippen LogP contribution in [0.2, 0.25) is 0 Å². The summed E-state index contributed by atoms with van der Waals surface area (Å²) in [7, 11) is 0. The third-order valence-electron chi connectivity index (χ3n) is 5.66. The number of halogens is 3. The summed E-state index contributed by atoms with van der Waals surface area (Å²) in [5, 5.41) is 0. The monoisotopic (exact) mass is 275 g/mol. The standard InChI is InChI=1S/C15H24F3N/c16-15(17,18)2-1-13(19)9-14-6-10-3-11(7-14)5-12(4-10)8-14/h10-13H,1-9,19H2. The van der Waals surface area contributed by atoms with Gasteiger partial charge in [-0.2, -0.15) is 13.2 Å². The molecule has 1 unspecified atom stereocenters. The first-order valence-electron chi connectivity index (χ1n) is 7.66. The van der Waals surface area contributed by atoms with Gasteiger partial charge in [-0.1, -0.05) is 0 Å². The van der Waals surface area contributed by atoms with Crippen LogP contribution in [0.25, 0.3) is 0 Å². The minimum absolute atomic E-state index is 0.102. The number of rotatable bonds is 4. The smallest absolute Gasteiger partial charge is 0.328 e. The summed E-state index contributed by atoms with van der Waals surface area (Å²) < 4.78 is 36.8. The first-order chi connectivity index (χ1) is 8.84. The van der Waals surface area contributed by atoms with Gasteiger partial charge in [0.25, 0.3) is 0 Å². The summed E-state index contributed by atoms with van der Waals surface area (Å²) in [6.07, 6.45) is 3.97. The molecule has 4 fully saturated rings. The lowest BCUT2D eigenvalue weighted by molar-refractivity contribution is -0.137. The van der Waals surface area contributed by atoms with Crippen LogP contribution in [0.5, 0.6) is 0 Å². The van der Waals surface area contributed by atoms with Gasteiger partial charge in [0.05, 0.1) is 0 Å². The highest BCUT2D eigenvalue weighted by molar-refractivity contribution is 5.02. The fourth-order valence-corrected chi connectivity index (χ4v) is 5.55. The Balaban J connectivity index is 1.57. The van der Waals surface area contributed by atoms with Crippen LogP contribution in [-0.4, -0.2) is 12.2 Å².